The Bertz CT molecular complexity index is 1070. The number of nitrogens with two attached hydrogens (primary N) is 2. The van der Waals surface area contributed by atoms with Crippen molar-refractivity contribution in [2.24, 2.45) is 21.6 Å². The summed E-state index contributed by atoms with van der Waals surface area (Å²) in [5.74, 6) is -0.458. The summed E-state index contributed by atoms with van der Waals surface area (Å²) in [5, 5.41) is 12.6. The normalized spacial score (nSPS) is 13.1. The first kappa shape index (κ1) is 23.4. The van der Waals surface area contributed by atoms with Crippen LogP contribution >= 0.6 is 0 Å². The van der Waals surface area contributed by atoms with E-state index in [-0.39, 0.29) is 24.3 Å². The van der Waals surface area contributed by atoms with Crippen molar-refractivity contribution in [2.45, 2.75) is 25.9 Å². The number of guanidine groups is 1. The number of oxime groups is 1. The number of hydrogen-bond acceptors (Lipinski definition) is 8. The van der Waals surface area contributed by atoms with E-state index < -0.39 is 17.9 Å². The Labute approximate surface area is 189 Å². The molecule has 1 saturated heterocycles. The molecular formula is C21H23FN8O3. The SMILES string of the molecule is N#CCCON=C1CCN(c2ncc(-c3cccc(COC(=O)N=C(N)N)c3F)cn2)CC1. The van der Waals surface area contributed by atoms with Gasteiger partial charge >= 0.3 is 6.09 Å². The van der Waals surface area contributed by atoms with E-state index in [1.807, 2.05) is 11.0 Å². The topological polar surface area (TPSA) is 165 Å². The number of amides is 1. The summed E-state index contributed by atoms with van der Waals surface area (Å²) in [6.45, 7) is 1.30. The van der Waals surface area contributed by atoms with Gasteiger partial charge in [0.05, 0.1) is 18.2 Å². The lowest BCUT2D eigenvalue weighted by atomic mass is 10.1. The van der Waals surface area contributed by atoms with Crippen LogP contribution in [-0.4, -0.2) is 47.4 Å². The first-order valence-electron chi connectivity index (χ1n) is 10.1. The van der Waals surface area contributed by atoms with E-state index in [9.17, 15) is 9.18 Å². The van der Waals surface area contributed by atoms with E-state index in [0.29, 0.717) is 43.9 Å². The number of carbonyl (C=O) groups excluding carboxylic acids is 1. The van der Waals surface area contributed by atoms with Crippen LogP contribution < -0.4 is 16.4 Å². The summed E-state index contributed by atoms with van der Waals surface area (Å²) in [5.41, 5.74) is 12.1. The number of benzene rings is 1. The number of carbonyl (C=O) groups is 1. The predicted molar refractivity (Wildman–Crippen MR) is 118 cm³/mol. The lowest BCUT2D eigenvalue weighted by Gasteiger charge is -2.27. The second-order valence-corrected chi connectivity index (χ2v) is 7.03. The Balaban J connectivity index is 1.62. The molecule has 12 heteroatoms. The lowest BCUT2D eigenvalue weighted by molar-refractivity contribution is 0.148. The molecule has 0 aliphatic carbocycles. The first-order chi connectivity index (χ1) is 16.0. The standard InChI is InChI=1S/C21H23FN8O3/c22-18-14(13-32-21(31)28-19(24)25)3-1-4-17(18)15-11-26-20(27-12-15)30-8-5-16(6-9-30)29-33-10-2-7-23/h1,3-4,11-12H,2,5-6,8-10,13H2,(H4,24,25,28,31). The lowest BCUT2D eigenvalue weighted by Crippen LogP contribution is -2.35. The van der Waals surface area contributed by atoms with Crippen molar-refractivity contribution >= 4 is 23.7 Å². The molecule has 1 amide bonds. The van der Waals surface area contributed by atoms with Gasteiger partial charge in [0, 0.05) is 55.0 Å². The molecule has 0 atom stereocenters. The van der Waals surface area contributed by atoms with Gasteiger partial charge in [-0.25, -0.2) is 19.2 Å². The van der Waals surface area contributed by atoms with Gasteiger partial charge < -0.3 is 25.9 Å². The van der Waals surface area contributed by atoms with Crippen molar-refractivity contribution in [3.63, 3.8) is 0 Å². The maximum Gasteiger partial charge on any atom is 0.437 e. The fourth-order valence-electron chi connectivity index (χ4n) is 3.10. The summed E-state index contributed by atoms with van der Waals surface area (Å²) in [6.07, 6.45) is 3.79. The zero-order valence-electron chi connectivity index (χ0n) is 17.8. The Morgan fingerprint density at radius 1 is 1.24 bits per heavy atom. The monoisotopic (exact) mass is 454 g/mol. The van der Waals surface area contributed by atoms with Crippen LogP contribution in [0.5, 0.6) is 0 Å². The predicted octanol–water partition coefficient (Wildman–Crippen LogP) is 2.08. The molecule has 2 aromatic rings. The summed E-state index contributed by atoms with van der Waals surface area (Å²) in [4.78, 5) is 30.5. The molecule has 1 aliphatic rings. The maximum absolute atomic E-state index is 14.9. The highest BCUT2D eigenvalue weighted by atomic mass is 19.1. The molecule has 0 spiro atoms. The Hall–Kier alpha value is -4.27. The van der Waals surface area contributed by atoms with Crippen molar-refractivity contribution in [3.05, 3.63) is 42.0 Å². The van der Waals surface area contributed by atoms with Crippen molar-refractivity contribution in [1.29, 1.82) is 5.26 Å². The van der Waals surface area contributed by atoms with Gasteiger partial charge in [-0.2, -0.15) is 5.26 Å². The Morgan fingerprint density at radius 2 is 1.97 bits per heavy atom. The Morgan fingerprint density at radius 3 is 2.64 bits per heavy atom. The number of aliphatic imine (C=N–C) groups is 1. The molecule has 0 bridgehead atoms. The van der Waals surface area contributed by atoms with Crippen molar-refractivity contribution in [1.82, 2.24) is 9.97 Å². The van der Waals surface area contributed by atoms with Crippen LogP contribution in [0.15, 0.2) is 40.7 Å². The van der Waals surface area contributed by atoms with E-state index in [4.69, 9.17) is 26.3 Å². The third-order valence-corrected chi connectivity index (χ3v) is 4.72. The van der Waals surface area contributed by atoms with Gasteiger partial charge in [-0.1, -0.05) is 23.4 Å². The smallest absolute Gasteiger partial charge is 0.437 e. The molecule has 1 aliphatic heterocycles. The molecule has 4 N–H and O–H groups in total. The van der Waals surface area contributed by atoms with E-state index >= 15 is 0 Å². The minimum Gasteiger partial charge on any atom is -0.443 e. The summed E-state index contributed by atoms with van der Waals surface area (Å²) in [7, 11) is 0. The van der Waals surface area contributed by atoms with Gasteiger partial charge in [0.2, 0.25) is 5.95 Å². The largest absolute Gasteiger partial charge is 0.443 e. The quantitative estimate of drug-likeness (QED) is 0.276. The van der Waals surface area contributed by atoms with Gasteiger partial charge in [-0.15, -0.1) is 4.99 Å². The van der Waals surface area contributed by atoms with Crippen LogP contribution in [0.3, 0.4) is 0 Å². The number of anilines is 1. The molecule has 1 aromatic carbocycles. The molecule has 172 valence electrons. The molecule has 1 aromatic heterocycles. The maximum atomic E-state index is 14.9. The molecule has 2 heterocycles. The van der Waals surface area contributed by atoms with Gasteiger partial charge in [-0.3, -0.25) is 0 Å². The molecule has 1 fully saturated rings. The molecule has 11 nitrogen and oxygen atoms in total. The average molecular weight is 454 g/mol. The number of hydrogen-bond donors (Lipinski definition) is 2. The van der Waals surface area contributed by atoms with Crippen LogP contribution in [0.4, 0.5) is 15.1 Å². The van der Waals surface area contributed by atoms with Gasteiger partial charge in [0.15, 0.2) is 5.96 Å². The number of rotatable bonds is 7. The average Bonchev–Trinajstić information content (AvgIpc) is 2.81. The number of nitriles is 1. The zero-order valence-corrected chi connectivity index (χ0v) is 17.8. The van der Waals surface area contributed by atoms with Gasteiger partial charge in [0.1, 0.15) is 19.0 Å². The van der Waals surface area contributed by atoms with Crippen molar-refractivity contribution in [2.75, 3.05) is 24.6 Å². The third kappa shape index (κ3) is 6.60. The Kier molecular flexibility index (Phi) is 8.07. The van der Waals surface area contributed by atoms with Crippen LogP contribution in [-0.2, 0) is 16.2 Å². The van der Waals surface area contributed by atoms with Crippen LogP contribution in [0.2, 0.25) is 0 Å². The molecule has 0 radical (unpaired) electrons. The molecule has 3 rings (SSSR count). The minimum absolute atomic E-state index is 0.163. The van der Waals surface area contributed by atoms with Crippen LogP contribution in [0, 0.1) is 17.1 Å². The minimum atomic E-state index is -1.00. The van der Waals surface area contributed by atoms with E-state index in [1.165, 1.54) is 6.07 Å². The third-order valence-electron chi connectivity index (χ3n) is 4.72. The molecule has 0 unspecified atom stereocenters. The van der Waals surface area contributed by atoms with Crippen LogP contribution in [0.1, 0.15) is 24.8 Å². The van der Waals surface area contributed by atoms with Crippen LogP contribution in [0.25, 0.3) is 11.1 Å². The highest BCUT2D eigenvalue weighted by molar-refractivity contribution is 5.88. The number of halogens is 1. The van der Waals surface area contributed by atoms with Gasteiger partial charge in [0.25, 0.3) is 0 Å². The number of ether oxygens (including phenoxy) is 1. The highest BCUT2D eigenvalue weighted by Gasteiger charge is 2.19. The fraction of sp³-hybridized carbons (Fsp3) is 0.333. The summed E-state index contributed by atoms with van der Waals surface area (Å²) >= 11 is 0. The van der Waals surface area contributed by atoms with E-state index in [2.05, 4.69) is 20.1 Å². The fourth-order valence-corrected chi connectivity index (χ4v) is 3.10. The second-order valence-electron chi connectivity index (χ2n) is 7.03. The summed E-state index contributed by atoms with van der Waals surface area (Å²) < 4.78 is 19.8. The highest BCUT2D eigenvalue weighted by Crippen LogP contribution is 2.26. The molecule has 33 heavy (non-hydrogen) atoms. The number of aromatic nitrogens is 2. The van der Waals surface area contributed by atoms with E-state index in [1.54, 1.807) is 24.5 Å². The first-order valence-corrected chi connectivity index (χ1v) is 10.1. The van der Waals surface area contributed by atoms with Crippen molar-refractivity contribution in [3.8, 4) is 17.2 Å². The zero-order chi connectivity index (χ0) is 23.6. The summed E-state index contributed by atoms with van der Waals surface area (Å²) in [6, 6.07) is 6.72. The van der Waals surface area contributed by atoms with Crippen molar-refractivity contribution < 1.29 is 18.8 Å². The van der Waals surface area contributed by atoms with E-state index in [0.717, 1.165) is 5.71 Å². The molecule has 0 saturated carbocycles. The van der Waals surface area contributed by atoms with Gasteiger partial charge in [-0.05, 0) is 0 Å². The number of piperidine rings is 1. The second kappa shape index (κ2) is 11.4. The molecular weight excluding hydrogens is 431 g/mol. The number of nitrogens with zero attached hydrogens (tertiary/aromatic N) is 6.